The topological polar surface area (TPSA) is 78.1 Å². The largest absolute Gasteiger partial charge is 0.354 e. The number of nitrogens with one attached hydrogen (secondary N) is 2. The van der Waals surface area contributed by atoms with Gasteiger partial charge in [0.15, 0.2) is 0 Å². The minimum Gasteiger partial charge on any atom is -0.354 e. The number of carbonyl (C=O) groups is 1. The van der Waals surface area contributed by atoms with E-state index >= 15 is 0 Å². The Balaban J connectivity index is 1.58. The highest BCUT2D eigenvalue weighted by atomic mass is 16.2. The summed E-state index contributed by atoms with van der Waals surface area (Å²) in [5, 5.41) is 2.97. The number of benzene rings is 1. The second kappa shape index (κ2) is 6.97. The van der Waals surface area contributed by atoms with Crippen molar-refractivity contribution in [1.82, 2.24) is 20.2 Å². The lowest BCUT2D eigenvalue weighted by Crippen LogP contribution is -2.48. The highest BCUT2D eigenvalue weighted by Crippen LogP contribution is 2.21. The van der Waals surface area contributed by atoms with Crippen molar-refractivity contribution in [3.8, 4) is 0 Å². The van der Waals surface area contributed by atoms with Gasteiger partial charge in [0.25, 0.3) is 5.56 Å². The fraction of sp³-hybridized carbons (Fsp3) is 0.389. The van der Waals surface area contributed by atoms with Crippen molar-refractivity contribution in [2.45, 2.75) is 32.4 Å². The number of aromatic nitrogens is 2. The predicted molar refractivity (Wildman–Crippen MR) is 91.7 cm³/mol. The molecule has 0 saturated heterocycles. The standard InChI is InChI=1S/C18H22N4O2/c1-12-20-15(10-17(23)21-12)7-8-19-18(24)16-9-13-5-3-4-6-14(13)11-22(16)2/h3-6,10,16H,7-9,11H2,1-2H3,(H,19,24)(H,20,21,23)/t16-/m1/s1. The quantitative estimate of drug-likeness (QED) is 0.871. The van der Waals surface area contributed by atoms with Gasteiger partial charge in [0, 0.05) is 31.3 Å². The Bertz CT molecular complexity index is 800. The zero-order valence-electron chi connectivity index (χ0n) is 14.0. The summed E-state index contributed by atoms with van der Waals surface area (Å²) in [7, 11) is 1.97. The fourth-order valence-corrected chi connectivity index (χ4v) is 3.15. The molecule has 1 amide bonds. The Morgan fingerprint density at radius 2 is 2.12 bits per heavy atom. The van der Waals surface area contributed by atoms with Crippen molar-refractivity contribution in [2.24, 2.45) is 0 Å². The molecule has 6 heteroatoms. The van der Waals surface area contributed by atoms with Gasteiger partial charge >= 0.3 is 0 Å². The molecule has 1 atom stereocenters. The highest BCUT2D eigenvalue weighted by Gasteiger charge is 2.28. The lowest BCUT2D eigenvalue weighted by atomic mass is 9.94. The van der Waals surface area contributed by atoms with E-state index in [0.29, 0.717) is 24.5 Å². The van der Waals surface area contributed by atoms with Crippen LogP contribution in [0.1, 0.15) is 22.6 Å². The van der Waals surface area contributed by atoms with Crippen LogP contribution in [-0.2, 0) is 24.2 Å². The zero-order chi connectivity index (χ0) is 17.1. The summed E-state index contributed by atoms with van der Waals surface area (Å²) in [5.41, 5.74) is 3.06. The van der Waals surface area contributed by atoms with Gasteiger partial charge in [0.2, 0.25) is 5.91 Å². The monoisotopic (exact) mass is 326 g/mol. The number of carbonyl (C=O) groups excluding carboxylic acids is 1. The molecule has 24 heavy (non-hydrogen) atoms. The summed E-state index contributed by atoms with van der Waals surface area (Å²) in [6, 6.07) is 9.56. The van der Waals surface area contributed by atoms with Crippen molar-refractivity contribution in [3.05, 3.63) is 63.3 Å². The maximum absolute atomic E-state index is 12.5. The molecule has 1 aliphatic heterocycles. The third kappa shape index (κ3) is 3.71. The van der Waals surface area contributed by atoms with Crippen LogP contribution in [0.25, 0.3) is 0 Å². The second-order valence-corrected chi connectivity index (χ2v) is 6.27. The smallest absolute Gasteiger partial charge is 0.251 e. The average molecular weight is 326 g/mol. The molecule has 6 nitrogen and oxygen atoms in total. The Hall–Kier alpha value is -2.47. The summed E-state index contributed by atoms with van der Waals surface area (Å²) in [6.45, 7) is 3.00. The molecule has 126 valence electrons. The Morgan fingerprint density at radius 1 is 1.38 bits per heavy atom. The van der Waals surface area contributed by atoms with Crippen LogP contribution >= 0.6 is 0 Å². The van der Waals surface area contributed by atoms with Crippen LogP contribution in [0, 0.1) is 6.92 Å². The van der Waals surface area contributed by atoms with Crippen LogP contribution in [0.4, 0.5) is 0 Å². The van der Waals surface area contributed by atoms with Crippen molar-refractivity contribution in [1.29, 1.82) is 0 Å². The van der Waals surface area contributed by atoms with Crippen LogP contribution in [0.15, 0.2) is 35.1 Å². The number of H-pyrrole nitrogens is 1. The van der Waals surface area contributed by atoms with Gasteiger partial charge in [-0.25, -0.2) is 4.98 Å². The van der Waals surface area contributed by atoms with E-state index in [1.165, 1.54) is 17.2 Å². The van der Waals surface area contributed by atoms with E-state index in [2.05, 4.69) is 32.3 Å². The molecule has 0 saturated carbocycles. The second-order valence-electron chi connectivity index (χ2n) is 6.27. The number of likely N-dealkylation sites (N-methyl/N-ethyl adjacent to an activating group) is 1. The number of hydrogen-bond acceptors (Lipinski definition) is 4. The molecule has 1 aromatic heterocycles. The van der Waals surface area contributed by atoms with E-state index in [1.54, 1.807) is 6.92 Å². The predicted octanol–water partition coefficient (Wildman–Crippen LogP) is 0.794. The Kier molecular flexibility index (Phi) is 4.76. The van der Waals surface area contributed by atoms with Crippen molar-refractivity contribution in [3.63, 3.8) is 0 Å². The minimum absolute atomic E-state index is 0.0218. The number of nitrogens with zero attached hydrogens (tertiary/aromatic N) is 2. The summed E-state index contributed by atoms with van der Waals surface area (Å²) < 4.78 is 0. The number of rotatable bonds is 4. The molecule has 1 aromatic carbocycles. The lowest BCUT2D eigenvalue weighted by molar-refractivity contribution is -0.126. The first-order chi connectivity index (χ1) is 11.5. The van der Waals surface area contributed by atoms with Crippen LogP contribution in [0.5, 0.6) is 0 Å². The first-order valence-corrected chi connectivity index (χ1v) is 8.14. The third-order valence-corrected chi connectivity index (χ3v) is 4.38. The maximum atomic E-state index is 12.5. The van der Waals surface area contributed by atoms with Crippen molar-refractivity contribution >= 4 is 5.91 Å². The van der Waals surface area contributed by atoms with Crippen molar-refractivity contribution in [2.75, 3.05) is 13.6 Å². The molecule has 0 fully saturated rings. The van der Waals surface area contributed by atoms with Crippen LogP contribution in [0.3, 0.4) is 0 Å². The first-order valence-electron chi connectivity index (χ1n) is 8.14. The maximum Gasteiger partial charge on any atom is 0.251 e. The molecular weight excluding hydrogens is 304 g/mol. The van der Waals surface area contributed by atoms with Gasteiger partial charge in [-0.3, -0.25) is 14.5 Å². The minimum atomic E-state index is -0.160. The fourth-order valence-electron chi connectivity index (χ4n) is 3.15. The van der Waals surface area contributed by atoms with E-state index in [4.69, 9.17) is 0 Å². The molecule has 2 heterocycles. The normalized spacial score (nSPS) is 17.3. The molecule has 1 aliphatic rings. The SMILES string of the molecule is Cc1nc(CCNC(=O)[C@H]2Cc3ccccc3CN2C)cc(=O)[nH]1. The molecule has 2 aromatic rings. The van der Waals surface area contributed by atoms with Gasteiger partial charge in [0.1, 0.15) is 5.82 Å². The Morgan fingerprint density at radius 3 is 2.88 bits per heavy atom. The van der Waals surface area contributed by atoms with E-state index < -0.39 is 0 Å². The van der Waals surface area contributed by atoms with Crippen LogP contribution < -0.4 is 10.9 Å². The molecular formula is C18H22N4O2. The molecule has 0 spiro atoms. The molecule has 3 rings (SSSR count). The molecule has 0 unspecified atom stereocenters. The van der Waals surface area contributed by atoms with Crippen LogP contribution in [0.2, 0.25) is 0 Å². The van der Waals surface area contributed by atoms with Gasteiger partial charge < -0.3 is 10.3 Å². The summed E-state index contributed by atoms with van der Waals surface area (Å²) in [6.07, 6.45) is 1.27. The number of fused-ring (bicyclic) bond motifs is 1. The van der Waals surface area contributed by atoms with E-state index in [9.17, 15) is 9.59 Å². The van der Waals surface area contributed by atoms with Gasteiger partial charge in [0.05, 0.1) is 6.04 Å². The van der Waals surface area contributed by atoms with Crippen molar-refractivity contribution < 1.29 is 4.79 Å². The average Bonchev–Trinajstić information content (AvgIpc) is 2.53. The molecule has 0 bridgehead atoms. The summed E-state index contributed by atoms with van der Waals surface area (Å²) in [5.74, 6) is 0.612. The zero-order valence-corrected chi connectivity index (χ0v) is 14.0. The van der Waals surface area contributed by atoms with E-state index in [0.717, 1.165) is 13.0 Å². The molecule has 0 aliphatic carbocycles. The number of aromatic amines is 1. The first kappa shape index (κ1) is 16.4. The van der Waals surface area contributed by atoms with E-state index in [-0.39, 0.29) is 17.5 Å². The van der Waals surface area contributed by atoms with E-state index in [1.807, 2.05) is 19.2 Å². The van der Waals surface area contributed by atoms with Gasteiger partial charge in [-0.15, -0.1) is 0 Å². The Labute approximate surface area is 140 Å². The summed E-state index contributed by atoms with van der Waals surface area (Å²) >= 11 is 0. The third-order valence-electron chi connectivity index (χ3n) is 4.38. The molecule has 0 radical (unpaired) electrons. The summed E-state index contributed by atoms with van der Waals surface area (Å²) in [4.78, 5) is 32.9. The van der Waals surface area contributed by atoms with Gasteiger partial charge in [-0.2, -0.15) is 0 Å². The van der Waals surface area contributed by atoms with Crippen LogP contribution in [-0.4, -0.2) is 40.4 Å². The highest BCUT2D eigenvalue weighted by molar-refractivity contribution is 5.82. The lowest BCUT2D eigenvalue weighted by Gasteiger charge is -2.33. The van der Waals surface area contributed by atoms with Gasteiger partial charge in [-0.05, 0) is 31.5 Å². The molecule has 2 N–H and O–H groups in total. The van der Waals surface area contributed by atoms with Gasteiger partial charge in [-0.1, -0.05) is 24.3 Å². The number of amides is 1. The number of aryl methyl sites for hydroxylation is 1. The number of hydrogen-bond donors (Lipinski definition) is 2.